The number of aromatic nitrogens is 4. The molecule has 3 aliphatic rings. The summed E-state index contributed by atoms with van der Waals surface area (Å²) < 4.78 is 71.7. The molecular formula is C22H30N7O20P3. The number of hydrogen-bond acceptors (Lipinski definition) is 20. The molecule has 5 rings (SSSR count). The number of rotatable bonds is 14. The quantitative estimate of drug-likeness (QED) is 0.0694. The Morgan fingerprint density at radius 1 is 1.02 bits per heavy atom. The van der Waals surface area contributed by atoms with Crippen molar-refractivity contribution in [2.24, 2.45) is 5.73 Å². The van der Waals surface area contributed by atoms with Crippen LogP contribution in [0.5, 0.6) is 0 Å². The predicted octanol–water partition coefficient (Wildman–Crippen LogP) is -2.55. The summed E-state index contributed by atoms with van der Waals surface area (Å²) in [5, 5.41) is 41.3. The van der Waals surface area contributed by atoms with Gasteiger partial charge in [-0.05, 0) is 6.42 Å². The summed E-state index contributed by atoms with van der Waals surface area (Å²) in [6.45, 7) is -2.74. The molecule has 2 unspecified atom stereocenters. The van der Waals surface area contributed by atoms with E-state index in [-0.39, 0.29) is 29.0 Å². The molecule has 5 heterocycles. The number of nitrogens with two attached hydrogens (primary N) is 2. The van der Waals surface area contributed by atoms with Gasteiger partial charge in [-0.2, -0.15) is 4.31 Å². The van der Waals surface area contributed by atoms with Gasteiger partial charge in [0.05, 0.1) is 12.9 Å². The van der Waals surface area contributed by atoms with Gasteiger partial charge in [-0.1, -0.05) is 6.08 Å². The normalized spacial score (nSPS) is 31.6. The topological polar surface area (TPSA) is 411 Å². The zero-order chi connectivity index (χ0) is 38.4. The van der Waals surface area contributed by atoms with Gasteiger partial charge in [-0.3, -0.25) is 22.9 Å². The molecule has 0 aliphatic carbocycles. The minimum absolute atomic E-state index is 0.0895. The van der Waals surface area contributed by atoms with E-state index >= 15 is 0 Å². The summed E-state index contributed by atoms with van der Waals surface area (Å²) in [5.41, 5.74) is 10.9. The van der Waals surface area contributed by atoms with Gasteiger partial charge in [0.25, 0.3) is 5.79 Å². The smallest absolute Gasteiger partial charge is 0.450 e. The first-order valence-corrected chi connectivity index (χ1v) is 18.7. The van der Waals surface area contributed by atoms with Crippen molar-refractivity contribution in [3.05, 3.63) is 36.7 Å². The lowest BCUT2D eigenvalue weighted by atomic mass is 10.1. The van der Waals surface area contributed by atoms with Crippen molar-refractivity contribution in [3.63, 3.8) is 0 Å². The summed E-state index contributed by atoms with van der Waals surface area (Å²) in [5.74, 6) is -4.14. The fourth-order valence-electron chi connectivity index (χ4n) is 5.20. The van der Waals surface area contributed by atoms with E-state index in [9.17, 15) is 63.3 Å². The van der Waals surface area contributed by atoms with Crippen molar-refractivity contribution < 1.29 is 95.4 Å². The number of phosphoric acid groups is 3. The molecule has 30 heteroatoms. The molecular weight excluding hydrogens is 775 g/mol. The molecule has 2 saturated heterocycles. The third-order valence-corrected chi connectivity index (χ3v) is 10.5. The molecule has 3 aliphatic heterocycles. The molecule has 1 amide bonds. The highest BCUT2D eigenvalue weighted by Crippen LogP contribution is 2.61. The third kappa shape index (κ3) is 8.67. The van der Waals surface area contributed by atoms with E-state index < -0.39 is 97.5 Å². The van der Waals surface area contributed by atoms with Crippen LogP contribution < -0.4 is 11.5 Å². The van der Waals surface area contributed by atoms with Crippen molar-refractivity contribution in [1.82, 2.24) is 24.4 Å². The SMILES string of the molecule is NC(=O)C1=CN([C@@H]2O[C@H](COP(=O)(O)OP(=O)(O)OC[C@]3(OC(=O)O)O[C@@H](n4cnc5c(N)ncnc54)[C@H](OP(=O)(O)O)[C@H]3O)[C@@H](O)[C@H]2O)C=CC1. The maximum atomic E-state index is 12.8. The van der Waals surface area contributed by atoms with Crippen LogP contribution in [0.15, 0.2) is 36.7 Å². The number of fused-ring (bicyclic) bond motifs is 1. The second kappa shape index (κ2) is 14.8. The Balaban J connectivity index is 1.29. The van der Waals surface area contributed by atoms with E-state index in [0.717, 1.165) is 17.2 Å². The fourth-order valence-corrected chi connectivity index (χ4v) is 7.83. The van der Waals surface area contributed by atoms with E-state index in [1.54, 1.807) is 0 Å². The molecule has 0 radical (unpaired) electrons. The molecule has 0 bridgehead atoms. The molecule has 12 N–H and O–H groups in total. The molecule has 2 aromatic heterocycles. The highest BCUT2D eigenvalue weighted by molar-refractivity contribution is 7.61. The van der Waals surface area contributed by atoms with Crippen LogP contribution in [0.4, 0.5) is 10.6 Å². The summed E-state index contributed by atoms with van der Waals surface area (Å²) in [4.78, 5) is 75.3. The van der Waals surface area contributed by atoms with E-state index in [2.05, 4.69) is 37.6 Å². The van der Waals surface area contributed by atoms with E-state index in [1.807, 2.05) is 0 Å². The van der Waals surface area contributed by atoms with Crippen molar-refractivity contribution in [2.75, 3.05) is 18.9 Å². The fraction of sp³-hybridized carbons (Fsp3) is 0.500. The van der Waals surface area contributed by atoms with Crippen molar-refractivity contribution in [1.29, 1.82) is 0 Å². The number of hydrogen-bond donors (Lipinski definition) is 10. The van der Waals surface area contributed by atoms with Gasteiger partial charge < -0.3 is 70.6 Å². The van der Waals surface area contributed by atoms with Crippen LogP contribution in [0.2, 0.25) is 0 Å². The van der Waals surface area contributed by atoms with Crippen LogP contribution in [0.1, 0.15) is 12.6 Å². The minimum atomic E-state index is -5.88. The molecule has 0 aromatic carbocycles. The number of allylic oxidation sites excluding steroid dienone is 1. The van der Waals surface area contributed by atoms with Crippen LogP contribution >= 0.6 is 23.5 Å². The number of carbonyl (C=O) groups excluding carboxylic acids is 1. The zero-order valence-corrected chi connectivity index (χ0v) is 28.4. The number of carbonyl (C=O) groups is 2. The molecule has 0 spiro atoms. The number of aliphatic hydroxyl groups is 3. The lowest BCUT2D eigenvalue weighted by molar-refractivity contribution is -0.255. The van der Waals surface area contributed by atoms with Gasteiger partial charge in [-0.25, -0.2) is 33.4 Å². The van der Waals surface area contributed by atoms with Gasteiger partial charge in [0.1, 0.15) is 42.9 Å². The lowest BCUT2D eigenvalue weighted by Crippen LogP contribution is -2.50. The average Bonchev–Trinajstić information content (AvgIpc) is 3.67. The molecule has 10 atom stereocenters. The maximum Gasteiger partial charge on any atom is 0.508 e. The molecule has 0 saturated carbocycles. The number of imidazole rings is 1. The molecule has 27 nitrogen and oxygen atoms in total. The molecule has 288 valence electrons. The summed E-state index contributed by atoms with van der Waals surface area (Å²) in [6, 6.07) is 0. The molecule has 2 fully saturated rings. The van der Waals surface area contributed by atoms with Crippen LogP contribution in [0.3, 0.4) is 0 Å². The second-order valence-electron chi connectivity index (χ2n) is 11.0. The van der Waals surface area contributed by atoms with Gasteiger partial charge >= 0.3 is 29.6 Å². The van der Waals surface area contributed by atoms with Crippen molar-refractivity contribution in [2.45, 2.75) is 55.2 Å². The number of aliphatic hydroxyl groups excluding tert-OH is 3. The Morgan fingerprint density at radius 2 is 1.71 bits per heavy atom. The maximum absolute atomic E-state index is 12.8. The number of nitrogens with zero attached hydrogens (tertiary/aromatic N) is 5. The predicted molar refractivity (Wildman–Crippen MR) is 161 cm³/mol. The second-order valence-corrected chi connectivity index (χ2v) is 15.2. The standard InChI is InChI=1S/C22H30N7O20P3/c23-16-11-18(26-7-25-16)29(8-27-11)20-14(48-50(36,37)38)15(32)22(46-20,47-21(34)35)6-44-52(41,42)49-51(39,40)43-5-10-12(30)13(31)19(45-10)28-3-1-2-9(4-28)17(24)33/h1,3-4,7-8,10,12-15,19-20,30-32H,2,5-6H2,(H2,24,33)(H,34,35)(H,39,40)(H,41,42)(H2,23,25,26)(H2,36,37,38)/t10-,12-,13-,14-,15-,19-,20-,22-/m1/s1. The first kappa shape index (κ1) is 39.7. The largest absolute Gasteiger partial charge is 0.508 e. The number of phosphoric ester groups is 3. The highest BCUT2D eigenvalue weighted by Gasteiger charge is 2.62. The first-order valence-electron chi connectivity index (χ1n) is 14.2. The van der Waals surface area contributed by atoms with Crippen molar-refractivity contribution >= 4 is 52.5 Å². The van der Waals surface area contributed by atoms with Gasteiger partial charge in [0, 0.05) is 18.0 Å². The average molecular weight is 805 g/mol. The van der Waals surface area contributed by atoms with E-state index in [0.29, 0.717) is 0 Å². The molecule has 52 heavy (non-hydrogen) atoms. The first-order chi connectivity index (χ1) is 24.1. The Labute approximate surface area is 289 Å². The van der Waals surface area contributed by atoms with Gasteiger partial charge in [0.2, 0.25) is 5.91 Å². The summed E-state index contributed by atoms with van der Waals surface area (Å²) in [6.07, 6.45) is -9.29. The minimum Gasteiger partial charge on any atom is -0.450 e. The number of nitrogen functional groups attached to an aromatic ring is 1. The zero-order valence-electron chi connectivity index (χ0n) is 25.8. The number of anilines is 1. The number of amides is 1. The van der Waals surface area contributed by atoms with Crippen molar-refractivity contribution in [3.8, 4) is 0 Å². The molecule has 2 aromatic rings. The highest BCUT2D eigenvalue weighted by atomic mass is 31.3. The van der Waals surface area contributed by atoms with E-state index in [1.165, 1.54) is 23.4 Å². The monoisotopic (exact) mass is 805 g/mol. The Bertz CT molecular complexity index is 1910. The number of primary amides is 1. The van der Waals surface area contributed by atoms with E-state index in [4.69, 9.17) is 20.9 Å². The Morgan fingerprint density at radius 3 is 2.37 bits per heavy atom. The number of carboxylic acid groups (broad SMARTS) is 1. The third-order valence-electron chi connectivity index (χ3n) is 7.45. The van der Waals surface area contributed by atoms with Gasteiger partial charge in [-0.15, -0.1) is 0 Å². The summed E-state index contributed by atoms with van der Waals surface area (Å²) in [7, 11) is -17.1. The number of ether oxygens (including phenoxy) is 3. The van der Waals surface area contributed by atoms with Crippen LogP contribution in [-0.2, 0) is 50.6 Å². The van der Waals surface area contributed by atoms with Crippen LogP contribution in [0.25, 0.3) is 11.2 Å². The van der Waals surface area contributed by atoms with Crippen LogP contribution in [0, 0.1) is 0 Å². The lowest BCUT2D eigenvalue weighted by Gasteiger charge is -2.30. The Kier molecular flexibility index (Phi) is 11.3. The van der Waals surface area contributed by atoms with Crippen LogP contribution in [-0.4, -0.2) is 132 Å². The van der Waals surface area contributed by atoms with Gasteiger partial charge in [0.15, 0.2) is 30.0 Å². The Hall–Kier alpha value is -3.46. The summed E-state index contributed by atoms with van der Waals surface area (Å²) >= 11 is 0.